The highest BCUT2D eigenvalue weighted by Gasteiger charge is 2.39. The monoisotopic (exact) mass is 377 g/mol. The third-order valence-corrected chi connectivity index (χ3v) is 7.05. The standard InChI is InChI=1S/C19H27N3O3S/c20-10-15-14-8-9-22(18(25)12-23)11-16(14)26-19(15)21-17(24)7-6-13-4-2-1-3-5-13/h13,15,19,23H,1-9,11-12H2,(H,21,24). The Morgan fingerprint density at radius 3 is 2.77 bits per heavy atom. The number of thioether (sulfide) groups is 1. The molecule has 142 valence electrons. The smallest absolute Gasteiger partial charge is 0.248 e. The molecule has 3 rings (SSSR count). The van der Waals surface area contributed by atoms with E-state index in [1.807, 2.05) is 0 Å². The fourth-order valence-corrected chi connectivity index (χ4v) is 5.68. The average molecular weight is 378 g/mol. The Hall–Kier alpha value is -1.52. The summed E-state index contributed by atoms with van der Waals surface area (Å²) in [6.07, 6.45) is 8.45. The van der Waals surface area contributed by atoms with Crippen molar-refractivity contribution >= 4 is 23.6 Å². The van der Waals surface area contributed by atoms with Crippen LogP contribution >= 0.6 is 11.8 Å². The number of amides is 2. The first-order valence-electron chi connectivity index (χ1n) is 9.58. The Bertz CT molecular complexity index is 622. The highest BCUT2D eigenvalue weighted by atomic mass is 32.2. The van der Waals surface area contributed by atoms with Crippen LogP contribution in [0.15, 0.2) is 10.5 Å². The van der Waals surface area contributed by atoms with Gasteiger partial charge in [-0.1, -0.05) is 32.1 Å². The molecule has 2 heterocycles. The lowest BCUT2D eigenvalue weighted by molar-refractivity contribution is -0.133. The van der Waals surface area contributed by atoms with Gasteiger partial charge in [0, 0.05) is 17.9 Å². The molecule has 0 aromatic rings. The highest BCUT2D eigenvalue weighted by molar-refractivity contribution is 8.04. The quantitative estimate of drug-likeness (QED) is 0.766. The Morgan fingerprint density at radius 1 is 1.31 bits per heavy atom. The zero-order chi connectivity index (χ0) is 18.5. The second kappa shape index (κ2) is 8.92. The van der Waals surface area contributed by atoms with E-state index in [1.165, 1.54) is 43.9 Å². The molecule has 0 aromatic carbocycles. The Labute approximate surface area is 159 Å². The van der Waals surface area contributed by atoms with E-state index >= 15 is 0 Å². The van der Waals surface area contributed by atoms with Crippen LogP contribution < -0.4 is 5.32 Å². The predicted molar refractivity (Wildman–Crippen MR) is 99.7 cm³/mol. The molecule has 6 nitrogen and oxygen atoms in total. The van der Waals surface area contributed by atoms with Crippen molar-refractivity contribution in [2.24, 2.45) is 11.8 Å². The first-order valence-corrected chi connectivity index (χ1v) is 10.5. The number of hydrogen-bond acceptors (Lipinski definition) is 5. The minimum atomic E-state index is -0.490. The molecule has 0 spiro atoms. The van der Waals surface area contributed by atoms with Crippen LogP contribution in [-0.2, 0) is 9.59 Å². The Morgan fingerprint density at radius 2 is 2.08 bits per heavy atom. The van der Waals surface area contributed by atoms with E-state index in [2.05, 4.69) is 11.4 Å². The third-order valence-electron chi connectivity index (χ3n) is 5.73. The van der Waals surface area contributed by atoms with E-state index in [0.29, 0.717) is 31.8 Å². The van der Waals surface area contributed by atoms with Crippen LogP contribution in [0.4, 0.5) is 0 Å². The van der Waals surface area contributed by atoms with Crippen molar-refractivity contribution in [3.63, 3.8) is 0 Å². The Balaban J connectivity index is 1.52. The maximum absolute atomic E-state index is 12.4. The van der Waals surface area contributed by atoms with Gasteiger partial charge in [-0.3, -0.25) is 9.59 Å². The summed E-state index contributed by atoms with van der Waals surface area (Å²) in [6, 6.07) is 2.34. The molecule has 0 saturated heterocycles. The number of aliphatic hydroxyl groups is 1. The number of carbonyl (C=O) groups excluding carboxylic acids is 2. The average Bonchev–Trinajstić information content (AvgIpc) is 3.02. The number of hydrogen-bond donors (Lipinski definition) is 2. The largest absolute Gasteiger partial charge is 0.387 e. The summed E-state index contributed by atoms with van der Waals surface area (Å²) in [4.78, 5) is 26.7. The van der Waals surface area contributed by atoms with Gasteiger partial charge in [0.05, 0.1) is 23.9 Å². The molecule has 2 N–H and O–H groups in total. The van der Waals surface area contributed by atoms with Crippen molar-refractivity contribution in [2.45, 2.75) is 56.7 Å². The molecule has 2 unspecified atom stereocenters. The molecule has 3 aliphatic rings. The van der Waals surface area contributed by atoms with Crippen molar-refractivity contribution < 1.29 is 14.7 Å². The minimum absolute atomic E-state index is 0.0245. The van der Waals surface area contributed by atoms with Crippen LogP contribution in [-0.4, -0.2) is 46.9 Å². The minimum Gasteiger partial charge on any atom is -0.387 e. The predicted octanol–water partition coefficient (Wildman–Crippen LogP) is 2.15. The lowest BCUT2D eigenvalue weighted by Crippen LogP contribution is -2.38. The number of nitrogens with one attached hydrogen (secondary N) is 1. The van der Waals surface area contributed by atoms with Gasteiger partial charge < -0.3 is 15.3 Å². The van der Waals surface area contributed by atoms with Gasteiger partial charge in [-0.25, -0.2) is 0 Å². The summed E-state index contributed by atoms with van der Waals surface area (Å²) in [5.74, 6) is 0.0870. The SMILES string of the molecule is N#CC1C2=C(CN(C(=O)CO)CC2)SC1NC(=O)CCC1CCCCC1. The van der Waals surface area contributed by atoms with Crippen LogP contribution in [0.2, 0.25) is 0 Å². The second-order valence-corrected chi connectivity index (χ2v) is 8.66. The van der Waals surface area contributed by atoms with Crippen LogP contribution in [0.5, 0.6) is 0 Å². The summed E-state index contributed by atoms with van der Waals surface area (Å²) in [6.45, 7) is 0.474. The molecule has 2 atom stereocenters. The van der Waals surface area contributed by atoms with Gasteiger partial charge in [-0.15, -0.1) is 11.8 Å². The molecule has 7 heteroatoms. The van der Waals surface area contributed by atoms with E-state index in [-0.39, 0.29) is 23.1 Å². The normalized spacial score (nSPS) is 26.4. The van der Waals surface area contributed by atoms with E-state index in [0.717, 1.165) is 16.9 Å². The summed E-state index contributed by atoms with van der Waals surface area (Å²) in [5.41, 5.74) is 1.05. The van der Waals surface area contributed by atoms with Crippen LogP contribution in [0, 0.1) is 23.2 Å². The first kappa shape index (κ1) is 19.2. The summed E-state index contributed by atoms with van der Waals surface area (Å²) in [5, 5.41) is 21.4. The van der Waals surface area contributed by atoms with Crippen molar-refractivity contribution in [1.82, 2.24) is 10.2 Å². The fourth-order valence-electron chi connectivity index (χ4n) is 4.21. The van der Waals surface area contributed by atoms with Crippen molar-refractivity contribution in [1.29, 1.82) is 5.26 Å². The maximum atomic E-state index is 12.4. The first-order chi connectivity index (χ1) is 12.6. The van der Waals surface area contributed by atoms with Gasteiger partial charge in [0.15, 0.2) is 0 Å². The van der Waals surface area contributed by atoms with Crippen LogP contribution in [0.25, 0.3) is 0 Å². The van der Waals surface area contributed by atoms with Gasteiger partial charge in [0.1, 0.15) is 6.61 Å². The lowest BCUT2D eigenvalue weighted by Gasteiger charge is -2.27. The molecule has 1 fully saturated rings. The number of carbonyl (C=O) groups is 2. The van der Waals surface area contributed by atoms with Gasteiger partial charge in [0.25, 0.3) is 0 Å². The Kier molecular flexibility index (Phi) is 6.60. The number of nitriles is 1. The van der Waals surface area contributed by atoms with Gasteiger partial charge >= 0.3 is 0 Å². The highest BCUT2D eigenvalue weighted by Crippen LogP contribution is 2.44. The molecule has 0 aromatic heterocycles. The van der Waals surface area contributed by atoms with Crippen LogP contribution in [0.3, 0.4) is 0 Å². The topological polar surface area (TPSA) is 93.4 Å². The molecular weight excluding hydrogens is 350 g/mol. The molecule has 2 amide bonds. The number of nitrogens with zero attached hydrogens (tertiary/aromatic N) is 2. The zero-order valence-corrected chi connectivity index (χ0v) is 15.9. The van der Waals surface area contributed by atoms with E-state index in [4.69, 9.17) is 5.11 Å². The summed E-state index contributed by atoms with van der Waals surface area (Å²) < 4.78 is 0. The van der Waals surface area contributed by atoms with Crippen molar-refractivity contribution in [2.75, 3.05) is 19.7 Å². The van der Waals surface area contributed by atoms with E-state index < -0.39 is 6.61 Å². The molecule has 0 radical (unpaired) electrons. The molecule has 2 aliphatic heterocycles. The fraction of sp³-hybridized carbons (Fsp3) is 0.737. The molecular formula is C19H27N3O3S. The van der Waals surface area contributed by atoms with Crippen LogP contribution in [0.1, 0.15) is 51.4 Å². The van der Waals surface area contributed by atoms with Gasteiger partial charge in [-0.2, -0.15) is 5.26 Å². The summed E-state index contributed by atoms with van der Waals surface area (Å²) in [7, 11) is 0. The molecule has 1 saturated carbocycles. The number of aliphatic hydroxyl groups excluding tert-OH is 1. The third kappa shape index (κ3) is 4.41. The lowest BCUT2D eigenvalue weighted by atomic mass is 9.86. The zero-order valence-electron chi connectivity index (χ0n) is 15.1. The van der Waals surface area contributed by atoms with Gasteiger partial charge in [-0.05, 0) is 24.3 Å². The summed E-state index contributed by atoms with van der Waals surface area (Å²) >= 11 is 1.50. The molecule has 0 bridgehead atoms. The molecule has 26 heavy (non-hydrogen) atoms. The second-order valence-electron chi connectivity index (χ2n) is 7.43. The van der Waals surface area contributed by atoms with E-state index in [9.17, 15) is 14.9 Å². The van der Waals surface area contributed by atoms with Crippen molar-refractivity contribution in [3.8, 4) is 6.07 Å². The van der Waals surface area contributed by atoms with E-state index in [1.54, 1.807) is 4.90 Å². The van der Waals surface area contributed by atoms with Gasteiger partial charge in [0.2, 0.25) is 11.8 Å². The number of rotatable bonds is 5. The molecule has 1 aliphatic carbocycles. The van der Waals surface area contributed by atoms with Crippen molar-refractivity contribution in [3.05, 3.63) is 10.5 Å². The maximum Gasteiger partial charge on any atom is 0.248 e.